The molecule has 3 N–H and O–H groups in total. The second-order valence-corrected chi connectivity index (χ2v) is 8.67. The molecule has 0 aliphatic heterocycles. The van der Waals surface area contributed by atoms with Crippen LogP contribution in [-0.4, -0.2) is 63.9 Å². The smallest absolute Gasteiger partial charge is 0.312 e. The first kappa shape index (κ1) is 29.1. The van der Waals surface area contributed by atoms with Gasteiger partial charge in [-0.3, -0.25) is 14.4 Å². The molecule has 3 atom stereocenters. The Balaban J connectivity index is 5.77. The van der Waals surface area contributed by atoms with Crippen molar-refractivity contribution in [3.63, 3.8) is 0 Å². The van der Waals surface area contributed by atoms with Crippen molar-refractivity contribution in [1.82, 2.24) is 0 Å². The Morgan fingerprint density at radius 3 is 1.42 bits per heavy atom. The molecule has 0 saturated heterocycles. The van der Waals surface area contributed by atoms with E-state index in [1.807, 2.05) is 20.8 Å². The van der Waals surface area contributed by atoms with Crippen molar-refractivity contribution in [3.8, 4) is 0 Å². The number of unbranched alkanes of at least 4 members (excludes halogenated alkanes) is 3. The van der Waals surface area contributed by atoms with Crippen LogP contribution in [0.3, 0.4) is 0 Å². The SMILES string of the molecule is CC/C=C/CCCCC[N+](CC(CC)C(=O)O)(CC(CC)C(=O)O)CC(CC)C(=O)O. The first-order valence-corrected chi connectivity index (χ1v) is 11.8. The fourth-order valence-corrected chi connectivity index (χ4v) is 4.22. The molecular formula is C24H44NO6+. The van der Waals surface area contributed by atoms with Gasteiger partial charge >= 0.3 is 17.9 Å². The number of rotatable bonds is 19. The van der Waals surface area contributed by atoms with Gasteiger partial charge in [-0.25, -0.2) is 0 Å². The number of hydrogen-bond acceptors (Lipinski definition) is 3. The zero-order valence-electron chi connectivity index (χ0n) is 19.9. The van der Waals surface area contributed by atoms with Crippen LogP contribution in [0.4, 0.5) is 0 Å². The van der Waals surface area contributed by atoms with Crippen LogP contribution < -0.4 is 0 Å². The average Bonchev–Trinajstić information content (AvgIpc) is 2.72. The van der Waals surface area contributed by atoms with Gasteiger partial charge in [-0.05, 0) is 51.4 Å². The van der Waals surface area contributed by atoms with Crippen LogP contribution in [0.1, 0.15) is 79.1 Å². The Morgan fingerprint density at radius 1 is 0.677 bits per heavy atom. The molecule has 0 spiro atoms. The molecule has 3 unspecified atom stereocenters. The van der Waals surface area contributed by atoms with E-state index in [2.05, 4.69) is 19.1 Å². The second kappa shape index (κ2) is 15.8. The fourth-order valence-electron chi connectivity index (χ4n) is 4.22. The van der Waals surface area contributed by atoms with Gasteiger partial charge in [0.15, 0.2) is 0 Å². The van der Waals surface area contributed by atoms with Crippen LogP contribution >= 0.6 is 0 Å². The van der Waals surface area contributed by atoms with E-state index in [9.17, 15) is 29.7 Å². The van der Waals surface area contributed by atoms with Crippen LogP contribution in [0.25, 0.3) is 0 Å². The first-order chi connectivity index (χ1) is 14.7. The minimum Gasteiger partial charge on any atom is -0.481 e. The molecule has 0 aromatic carbocycles. The maximum atomic E-state index is 11.8. The number of carboxylic acids is 3. The summed E-state index contributed by atoms with van der Waals surface area (Å²) < 4.78 is 0.241. The number of allylic oxidation sites excluding steroid dienone is 2. The monoisotopic (exact) mass is 442 g/mol. The third-order valence-electron chi connectivity index (χ3n) is 6.25. The number of carboxylic acid groups (broad SMARTS) is 3. The lowest BCUT2D eigenvalue weighted by atomic mass is 9.95. The summed E-state index contributed by atoms with van der Waals surface area (Å²) in [5.41, 5.74) is 0. The van der Waals surface area contributed by atoms with E-state index < -0.39 is 35.7 Å². The van der Waals surface area contributed by atoms with Crippen LogP contribution in [0.2, 0.25) is 0 Å². The Hall–Kier alpha value is -1.89. The Kier molecular flexibility index (Phi) is 14.9. The molecule has 0 amide bonds. The van der Waals surface area contributed by atoms with Crippen molar-refractivity contribution in [2.45, 2.75) is 79.1 Å². The van der Waals surface area contributed by atoms with Crippen molar-refractivity contribution in [2.75, 3.05) is 26.2 Å². The zero-order valence-corrected chi connectivity index (χ0v) is 19.9. The van der Waals surface area contributed by atoms with E-state index >= 15 is 0 Å². The van der Waals surface area contributed by atoms with Gasteiger partial charge in [-0.2, -0.15) is 0 Å². The molecule has 0 heterocycles. The van der Waals surface area contributed by atoms with Gasteiger partial charge in [0.1, 0.15) is 17.8 Å². The largest absolute Gasteiger partial charge is 0.481 e. The van der Waals surface area contributed by atoms with E-state index in [0.29, 0.717) is 25.8 Å². The third kappa shape index (κ3) is 11.3. The van der Waals surface area contributed by atoms with E-state index in [-0.39, 0.29) is 24.1 Å². The van der Waals surface area contributed by atoms with Gasteiger partial charge in [-0.15, -0.1) is 0 Å². The highest BCUT2D eigenvalue weighted by Crippen LogP contribution is 2.25. The Bertz CT molecular complexity index is 515. The van der Waals surface area contributed by atoms with Crippen molar-refractivity contribution < 1.29 is 34.2 Å². The lowest BCUT2D eigenvalue weighted by Gasteiger charge is -2.43. The second-order valence-electron chi connectivity index (χ2n) is 8.67. The summed E-state index contributed by atoms with van der Waals surface area (Å²) in [4.78, 5) is 35.4. The van der Waals surface area contributed by atoms with E-state index in [1.165, 1.54) is 0 Å². The molecule has 31 heavy (non-hydrogen) atoms. The van der Waals surface area contributed by atoms with E-state index in [0.717, 1.165) is 32.1 Å². The molecule has 7 nitrogen and oxygen atoms in total. The Morgan fingerprint density at radius 2 is 1.10 bits per heavy atom. The number of carbonyl (C=O) groups is 3. The van der Waals surface area contributed by atoms with Crippen LogP contribution in [0.15, 0.2) is 12.2 Å². The van der Waals surface area contributed by atoms with Crippen molar-refractivity contribution in [1.29, 1.82) is 0 Å². The molecule has 0 aliphatic carbocycles. The molecule has 0 aromatic rings. The topological polar surface area (TPSA) is 112 Å². The summed E-state index contributed by atoms with van der Waals surface area (Å²) >= 11 is 0. The molecule has 0 rings (SSSR count). The predicted molar refractivity (Wildman–Crippen MR) is 122 cm³/mol. The van der Waals surface area contributed by atoms with Gasteiger partial charge in [0, 0.05) is 0 Å². The van der Waals surface area contributed by atoms with Crippen molar-refractivity contribution in [2.24, 2.45) is 17.8 Å². The standard InChI is InChI=1S/C24H43NO6/c1-5-9-10-11-12-13-14-15-25(16-19(6-2)22(26)27,17-20(7-3)23(28)29)18-21(8-4)24(30)31/h9-10,19-21H,5-8,11-18H2,1-4H3,(H2-,26,27,28,29,30,31)/p+1/b10-9+. The summed E-state index contributed by atoms with van der Waals surface area (Å²) in [6.45, 7) is 8.96. The summed E-state index contributed by atoms with van der Waals surface area (Å²) in [6.07, 6.45) is 10.4. The molecule has 180 valence electrons. The lowest BCUT2D eigenvalue weighted by molar-refractivity contribution is -0.935. The van der Waals surface area contributed by atoms with Crippen LogP contribution in [-0.2, 0) is 14.4 Å². The molecule has 7 heteroatoms. The Labute approximate surface area is 187 Å². The minimum absolute atomic E-state index is 0.241. The first-order valence-electron chi connectivity index (χ1n) is 11.8. The van der Waals surface area contributed by atoms with E-state index in [4.69, 9.17) is 0 Å². The summed E-state index contributed by atoms with van der Waals surface area (Å²) in [5, 5.41) is 29.0. The summed E-state index contributed by atoms with van der Waals surface area (Å²) in [6, 6.07) is 0. The quantitative estimate of drug-likeness (QED) is 0.152. The fraction of sp³-hybridized carbons (Fsp3) is 0.792. The maximum absolute atomic E-state index is 11.8. The van der Waals surface area contributed by atoms with E-state index in [1.54, 1.807) is 0 Å². The maximum Gasteiger partial charge on any atom is 0.312 e. The van der Waals surface area contributed by atoms with Crippen LogP contribution in [0.5, 0.6) is 0 Å². The highest BCUT2D eigenvalue weighted by atomic mass is 16.4. The van der Waals surface area contributed by atoms with Gasteiger partial charge in [-0.1, -0.05) is 39.8 Å². The highest BCUT2D eigenvalue weighted by molar-refractivity contribution is 5.71. The van der Waals surface area contributed by atoms with Crippen molar-refractivity contribution >= 4 is 17.9 Å². The minimum atomic E-state index is -0.901. The van der Waals surface area contributed by atoms with Gasteiger partial charge < -0.3 is 19.8 Å². The molecule has 0 radical (unpaired) electrons. The average molecular weight is 443 g/mol. The zero-order chi connectivity index (χ0) is 23.9. The summed E-state index contributed by atoms with van der Waals surface area (Å²) in [7, 11) is 0. The lowest BCUT2D eigenvalue weighted by Crippen LogP contribution is -2.58. The van der Waals surface area contributed by atoms with Gasteiger partial charge in [0.05, 0.1) is 26.2 Å². The number of aliphatic carboxylic acids is 3. The normalized spacial score (nSPS) is 16.5. The molecule has 0 fully saturated rings. The third-order valence-corrected chi connectivity index (χ3v) is 6.25. The number of hydrogen-bond donors (Lipinski definition) is 3. The van der Waals surface area contributed by atoms with Crippen molar-refractivity contribution in [3.05, 3.63) is 12.2 Å². The molecule has 0 aliphatic rings. The molecule has 0 bridgehead atoms. The van der Waals surface area contributed by atoms with Gasteiger partial charge in [0.2, 0.25) is 0 Å². The molecular weight excluding hydrogens is 398 g/mol. The predicted octanol–water partition coefficient (Wildman–Crippen LogP) is 4.66. The number of quaternary nitrogens is 1. The number of nitrogens with zero attached hydrogens (tertiary/aromatic N) is 1. The molecule has 0 aromatic heterocycles. The van der Waals surface area contributed by atoms with Crippen LogP contribution in [0, 0.1) is 17.8 Å². The highest BCUT2D eigenvalue weighted by Gasteiger charge is 2.40. The summed E-state index contributed by atoms with van der Waals surface area (Å²) in [5.74, 6) is -4.57. The molecule has 0 saturated carbocycles. The van der Waals surface area contributed by atoms with Gasteiger partial charge in [0.25, 0.3) is 0 Å².